The van der Waals surface area contributed by atoms with Crippen LogP contribution >= 0.6 is 0 Å². The first-order valence-corrected chi connectivity index (χ1v) is 7.71. The Hall–Kier alpha value is -2.42. The van der Waals surface area contributed by atoms with E-state index in [1.54, 1.807) is 18.2 Å². The fourth-order valence-electron chi connectivity index (χ4n) is 1.98. The van der Waals surface area contributed by atoms with Crippen LogP contribution in [0.1, 0.15) is 43.1 Å². The lowest BCUT2D eigenvalue weighted by Crippen LogP contribution is -2.24. The second kappa shape index (κ2) is 8.89. The zero-order valence-electron chi connectivity index (χ0n) is 14.1. The lowest BCUT2D eigenvalue weighted by Gasteiger charge is -2.19. The van der Waals surface area contributed by atoms with Gasteiger partial charge in [0.2, 0.25) is 0 Å². The molecule has 0 atom stereocenters. The highest BCUT2D eigenvalue weighted by atomic mass is 16.1. The van der Waals surface area contributed by atoms with Crippen molar-refractivity contribution in [1.29, 1.82) is 0 Å². The molecule has 0 fully saturated rings. The van der Waals surface area contributed by atoms with Crippen LogP contribution in [-0.4, -0.2) is 18.7 Å². The molecule has 0 aliphatic carbocycles. The van der Waals surface area contributed by atoms with Crippen LogP contribution in [-0.2, 0) is 10.2 Å². The molecule has 0 bridgehead atoms. The van der Waals surface area contributed by atoms with E-state index < -0.39 is 0 Å². The number of nitrogens with one attached hydrogen (secondary N) is 1. The Morgan fingerprint density at radius 3 is 2.39 bits per heavy atom. The van der Waals surface area contributed by atoms with Crippen molar-refractivity contribution in [3.8, 4) is 0 Å². The number of allylic oxidation sites excluding steroid dienone is 4. The molecule has 1 rings (SSSR count). The molecule has 1 amide bonds. The van der Waals surface area contributed by atoms with Crippen molar-refractivity contribution < 1.29 is 9.59 Å². The van der Waals surface area contributed by atoms with Crippen molar-refractivity contribution in [2.24, 2.45) is 0 Å². The van der Waals surface area contributed by atoms with Crippen LogP contribution in [0.25, 0.3) is 0 Å². The first kappa shape index (κ1) is 18.6. The van der Waals surface area contributed by atoms with Crippen LogP contribution in [0.5, 0.6) is 0 Å². The lowest BCUT2D eigenvalue weighted by atomic mass is 9.87. The number of carbonyl (C=O) groups excluding carboxylic acids is 2. The zero-order chi connectivity index (χ0) is 17.3. The van der Waals surface area contributed by atoms with Gasteiger partial charge in [-0.3, -0.25) is 9.59 Å². The molecule has 0 radical (unpaired) electrons. The van der Waals surface area contributed by atoms with Gasteiger partial charge in [0.1, 0.15) is 6.29 Å². The van der Waals surface area contributed by atoms with Crippen LogP contribution < -0.4 is 5.32 Å². The SMILES string of the molecule is C=C/C=C(C=O)\C=C/CCNC(=O)c1ccc(C(C)(C)C)cc1. The minimum atomic E-state index is -0.0869. The molecular weight excluding hydrogens is 286 g/mol. The molecule has 0 saturated carbocycles. The molecule has 1 N–H and O–H groups in total. The predicted octanol–water partition coefficient (Wildman–Crippen LogP) is 3.97. The van der Waals surface area contributed by atoms with E-state index in [4.69, 9.17) is 0 Å². The third-order valence-corrected chi connectivity index (χ3v) is 3.37. The Labute approximate surface area is 138 Å². The van der Waals surface area contributed by atoms with Gasteiger partial charge in [-0.2, -0.15) is 0 Å². The van der Waals surface area contributed by atoms with Gasteiger partial charge in [-0.15, -0.1) is 0 Å². The van der Waals surface area contributed by atoms with Gasteiger partial charge < -0.3 is 5.32 Å². The number of aldehydes is 1. The standard InChI is InChI=1S/C20H25NO2/c1-5-8-16(15-22)9-6-7-14-21-19(23)17-10-12-18(13-11-17)20(2,3)4/h5-6,8-13,15H,1,7,14H2,2-4H3,(H,21,23)/b9-6-,16-8+. The molecule has 0 aromatic heterocycles. The first-order valence-electron chi connectivity index (χ1n) is 7.71. The van der Waals surface area contributed by atoms with Crippen LogP contribution in [0.2, 0.25) is 0 Å². The molecule has 0 aliphatic heterocycles. The summed E-state index contributed by atoms with van der Waals surface area (Å²) in [6, 6.07) is 7.68. The van der Waals surface area contributed by atoms with Crippen LogP contribution in [0, 0.1) is 0 Å². The van der Waals surface area contributed by atoms with Crippen molar-refractivity contribution in [2.75, 3.05) is 6.54 Å². The molecule has 1 aromatic carbocycles. The minimum Gasteiger partial charge on any atom is -0.352 e. The van der Waals surface area contributed by atoms with E-state index in [9.17, 15) is 9.59 Å². The molecule has 3 heteroatoms. The van der Waals surface area contributed by atoms with Gasteiger partial charge >= 0.3 is 0 Å². The molecule has 0 unspecified atom stereocenters. The summed E-state index contributed by atoms with van der Waals surface area (Å²) >= 11 is 0. The third-order valence-electron chi connectivity index (χ3n) is 3.37. The number of carbonyl (C=O) groups is 2. The van der Waals surface area contributed by atoms with Gasteiger partial charge in [0.05, 0.1) is 0 Å². The fraction of sp³-hybridized carbons (Fsp3) is 0.300. The summed E-state index contributed by atoms with van der Waals surface area (Å²) in [5, 5.41) is 2.86. The number of hydrogen-bond donors (Lipinski definition) is 1. The maximum absolute atomic E-state index is 12.0. The van der Waals surface area contributed by atoms with Crippen molar-refractivity contribution in [3.05, 3.63) is 71.8 Å². The molecule has 0 spiro atoms. The molecule has 0 aliphatic rings. The molecule has 23 heavy (non-hydrogen) atoms. The van der Waals surface area contributed by atoms with E-state index in [-0.39, 0.29) is 11.3 Å². The van der Waals surface area contributed by atoms with Gasteiger partial charge in [0.25, 0.3) is 5.91 Å². The molecular formula is C20H25NO2. The number of benzene rings is 1. The number of hydrogen-bond acceptors (Lipinski definition) is 2. The zero-order valence-corrected chi connectivity index (χ0v) is 14.1. The number of rotatable bonds is 7. The van der Waals surface area contributed by atoms with E-state index in [2.05, 4.69) is 32.7 Å². The monoisotopic (exact) mass is 311 g/mol. The summed E-state index contributed by atoms with van der Waals surface area (Å²) in [7, 11) is 0. The first-order chi connectivity index (χ1) is 10.9. The summed E-state index contributed by atoms with van der Waals surface area (Å²) in [6.07, 6.45) is 8.21. The smallest absolute Gasteiger partial charge is 0.251 e. The van der Waals surface area contributed by atoms with Gasteiger partial charge in [0, 0.05) is 17.7 Å². The second-order valence-electron chi connectivity index (χ2n) is 6.29. The highest BCUT2D eigenvalue weighted by Crippen LogP contribution is 2.22. The average Bonchev–Trinajstić information content (AvgIpc) is 2.52. The van der Waals surface area contributed by atoms with E-state index >= 15 is 0 Å². The topological polar surface area (TPSA) is 46.2 Å². The van der Waals surface area contributed by atoms with Gasteiger partial charge in [-0.1, -0.05) is 63.8 Å². The summed E-state index contributed by atoms with van der Waals surface area (Å²) in [5.74, 6) is -0.0869. The summed E-state index contributed by atoms with van der Waals surface area (Å²) < 4.78 is 0. The van der Waals surface area contributed by atoms with E-state index in [0.29, 0.717) is 24.1 Å². The van der Waals surface area contributed by atoms with E-state index in [0.717, 1.165) is 6.29 Å². The summed E-state index contributed by atoms with van der Waals surface area (Å²) in [4.78, 5) is 22.8. The minimum absolute atomic E-state index is 0.0784. The van der Waals surface area contributed by atoms with Crippen LogP contribution in [0.15, 0.2) is 60.7 Å². The Morgan fingerprint density at radius 1 is 1.22 bits per heavy atom. The lowest BCUT2D eigenvalue weighted by molar-refractivity contribution is -0.104. The van der Waals surface area contributed by atoms with Crippen molar-refractivity contribution >= 4 is 12.2 Å². The average molecular weight is 311 g/mol. The van der Waals surface area contributed by atoms with Crippen LogP contribution in [0.3, 0.4) is 0 Å². The van der Waals surface area contributed by atoms with Gasteiger partial charge in [-0.25, -0.2) is 0 Å². The molecule has 1 aromatic rings. The highest BCUT2D eigenvalue weighted by molar-refractivity contribution is 5.94. The normalized spacial score (nSPS) is 12.2. The predicted molar refractivity (Wildman–Crippen MR) is 95.6 cm³/mol. The van der Waals surface area contributed by atoms with Crippen molar-refractivity contribution in [2.45, 2.75) is 32.6 Å². The quantitative estimate of drug-likeness (QED) is 0.358. The van der Waals surface area contributed by atoms with Gasteiger partial charge in [-0.05, 0) is 29.5 Å². The molecule has 122 valence electrons. The largest absolute Gasteiger partial charge is 0.352 e. The van der Waals surface area contributed by atoms with Crippen molar-refractivity contribution in [3.63, 3.8) is 0 Å². The second-order valence-corrected chi connectivity index (χ2v) is 6.29. The Bertz CT molecular complexity index is 602. The number of amides is 1. The summed E-state index contributed by atoms with van der Waals surface area (Å²) in [6.45, 7) is 10.5. The molecule has 0 heterocycles. The summed E-state index contributed by atoms with van der Waals surface area (Å²) in [5.41, 5.74) is 2.49. The Morgan fingerprint density at radius 2 is 1.87 bits per heavy atom. The van der Waals surface area contributed by atoms with Crippen molar-refractivity contribution in [1.82, 2.24) is 5.32 Å². The van der Waals surface area contributed by atoms with Crippen LogP contribution in [0.4, 0.5) is 0 Å². The molecule has 3 nitrogen and oxygen atoms in total. The maximum Gasteiger partial charge on any atom is 0.251 e. The van der Waals surface area contributed by atoms with E-state index in [1.165, 1.54) is 5.56 Å². The Kier molecular flexibility index (Phi) is 7.20. The third kappa shape index (κ3) is 6.47. The Balaban J connectivity index is 2.48. The fourth-order valence-corrected chi connectivity index (χ4v) is 1.98. The highest BCUT2D eigenvalue weighted by Gasteiger charge is 2.13. The van der Waals surface area contributed by atoms with E-state index in [1.807, 2.05) is 30.3 Å². The van der Waals surface area contributed by atoms with Gasteiger partial charge in [0.15, 0.2) is 0 Å². The molecule has 0 saturated heterocycles. The maximum atomic E-state index is 12.0.